The summed E-state index contributed by atoms with van der Waals surface area (Å²) < 4.78 is 46.8. The number of hydrogen-bond acceptors (Lipinski definition) is 8. The molecule has 0 saturated heterocycles. The first-order chi connectivity index (χ1) is 18.4. The molecule has 0 bridgehead atoms. The van der Waals surface area contributed by atoms with Crippen LogP contribution in [0.3, 0.4) is 0 Å². The molecule has 0 atom stereocenters. The number of benzene rings is 2. The number of ether oxygens (including phenoxy) is 1. The van der Waals surface area contributed by atoms with Gasteiger partial charge < -0.3 is 30.5 Å². The van der Waals surface area contributed by atoms with Crippen molar-refractivity contribution >= 4 is 52.0 Å². The third-order valence-electron chi connectivity index (χ3n) is 5.48. The summed E-state index contributed by atoms with van der Waals surface area (Å²) >= 11 is 6.53. The van der Waals surface area contributed by atoms with Crippen molar-refractivity contribution in [1.29, 1.82) is 0 Å². The fourth-order valence-electron chi connectivity index (χ4n) is 3.44. The lowest BCUT2D eigenvalue weighted by molar-refractivity contribution is -0.137. The van der Waals surface area contributed by atoms with Gasteiger partial charge in [-0.15, -0.1) is 0 Å². The van der Waals surface area contributed by atoms with E-state index in [-0.39, 0.29) is 11.6 Å². The van der Waals surface area contributed by atoms with E-state index in [0.29, 0.717) is 34.9 Å². The van der Waals surface area contributed by atoms with Gasteiger partial charge in [-0.1, -0.05) is 24.2 Å². The van der Waals surface area contributed by atoms with Crippen LogP contribution in [-0.4, -0.2) is 62.1 Å². The minimum absolute atomic E-state index is 0.121. The van der Waals surface area contributed by atoms with E-state index in [1.165, 1.54) is 19.2 Å². The Labute approximate surface area is 229 Å². The molecule has 0 aliphatic heterocycles. The summed E-state index contributed by atoms with van der Waals surface area (Å²) in [5.74, 6) is -0.670. The van der Waals surface area contributed by atoms with Crippen molar-refractivity contribution in [3.8, 4) is 5.75 Å². The maximum atomic E-state index is 13.8. The summed E-state index contributed by atoms with van der Waals surface area (Å²) in [5.41, 5.74) is 0.641. The van der Waals surface area contributed by atoms with Gasteiger partial charge in [-0.05, 0) is 44.4 Å². The fraction of sp³-hybridized carbons (Fsp3) is 0.269. The minimum atomic E-state index is -4.73. The van der Waals surface area contributed by atoms with Crippen LogP contribution in [0.5, 0.6) is 5.75 Å². The second-order valence-corrected chi connectivity index (χ2v) is 9.11. The molecular weight excluding hydrogens is 535 g/mol. The second-order valence-electron chi connectivity index (χ2n) is 8.71. The molecule has 1 amide bonds. The highest BCUT2D eigenvalue weighted by molar-refractivity contribution is 6.33. The van der Waals surface area contributed by atoms with E-state index in [1.807, 2.05) is 30.9 Å². The molecule has 3 N–H and O–H groups in total. The van der Waals surface area contributed by atoms with Gasteiger partial charge in [-0.25, -0.2) is 4.98 Å². The Kier molecular flexibility index (Phi) is 9.60. The number of methoxy groups -OCH3 is 1. The summed E-state index contributed by atoms with van der Waals surface area (Å²) in [6, 6.07) is 9.48. The maximum absolute atomic E-state index is 13.8. The number of halogens is 4. The summed E-state index contributed by atoms with van der Waals surface area (Å²) in [7, 11) is 7.30. The molecule has 1 heterocycles. The number of nitrogens with one attached hydrogen (secondary N) is 3. The zero-order valence-corrected chi connectivity index (χ0v) is 22.6. The van der Waals surface area contributed by atoms with E-state index < -0.39 is 23.5 Å². The molecule has 13 heteroatoms. The smallest absolute Gasteiger partial charge is 0.421 e. The highest BCUT2D eigenvalue weighted by atomic mass is 35.5. The number of alkyl halides is 3. The van der Waals surface area contributed by atoms with Gasteiger partial charge in [0.15, 0.2) is 0 Å². The average Bonchev–Trinajstić information content (AvgIpc) is 2.87. The third kappa shape index (κ3) is 7.98. The Morgan fingerprint density at radius 2 is 1.85 bits per heavy atom. The van der Waals surface area contributed by atoms with Crippen molar-refractivity contribution in [2.45, 2.75) is 6.18 Å². The molecule has 2 aromatic carbocycles. The third-order valence-corrected chi connectivity index (χ3v) is 5.78. The van der Waals surface area contributed by atoms with Gasteiger partial charge in [0.05, 0.1) is 23.5 Å². The molecule has 9 nitrogen and oxygen atoms in total. The average molecular weight is 564 g/mol. The SMILES string of the molecule is C=CC(=O)Nc1cccc(Nc2nc(Nc3cc(Cl)c(N(C)CCN(C)C)cc3OC)ncc2C(F)(F)F)c1. The van der Waals surface area contributed by atoms with E-state index in [1.54, 1.807) is 24.3 Å². The number of likely N-dealkylation sites (N-methyl/N-ethyl adjacent to an activating group) is 2. The zero-order valence-electron chi connectivity index (χ0n) is 21.9. The Hall–Kier alpha value is -4.03. The molecule has 0 unspecified atom stereocenters. The molecule has 1 aromatic heterocycles. The first-order valence-electron chi connectivity index (χ1n) is 11.7. The highest BCUT2D eigenvalue weighted by Gasteiger charge is 2.35. The predicted molar refractivity (Wildman–Crippen MR) is 149 cm³/mol. The van der Waals surface area contributed by atoms with Crippen LogP contribution in [0.1, 0.15) is 5.56 Å². The quantitative estimate of drug-likeness (QED) is 0.253. The lowest BCUT2D eigenvalue weighted by Crippen LogP contribution is -2.28. The Bertz CT molecular complexity index is 1340. The molecule has 0 aliphatic rings. The van der Waals surface area contributed by atoms with Gasteiger partial charge in [-0.3, -0.25) is 4.79 Å². The van der Waals surface area contributed by atoms with Crippen LogP contribution in [0.15, 0.2) is 55.3 Å². The first-order valence-corrected chi connectivity index (χ1v) is 12.0. The van der Waals surface area contributed by atoms with Crippen LogP contribution in [0.25, 0.3) is 0 Å². The topological polar surface area (TPSA) is 94.6 Å². The zero-order chi connectivity index (χ0) is 28.7. The molecule has 208 valence electrons. The molecule has 39 heavy (non-hydrogen) atoms. The van der Waals surface area contributed by atoms with Crippen molar-refractivity contribution in [3.63, 3.8) is 0 Å². The van der Waals surface area contributed by atoms with Gasteiger partial charge >= 0.3 is 6.18 Å². The molecule has 0 fully saturated rings. The monoisotopic (exact) mass is 563 g/mol. The Morgan fingerprint density at radius 1 is 1.13 bits per heavy atom. The number of aromatic nitrogens is 2. The lowest BCUT2D eigenvalue weighted by Gasteiger charge is -2.24. The van der Waals surface area contributed by atoms with Gasteiger partial charge in [0, 0.05) is 43.8 Å². The highest BCUT2D eigenvalue weighted by Crippen LogP contribution is 2.39. The van der Waals surface area contributed by atoms with Gasteiger partial charge in [-0.2, -0.15) is 18.2 Å². The standard InChI is InChI=1S/C26H29ClF3N7O2/c1-6-23(38)32-16-8-7-9-17(12-16)33-24-18(26(28,29)30)15-31-25(35-24)34-20-13-19(27)21(14-22(20)39-5)37(4)11-10-36(2)3/h6-9,12-15H,1,10-11H2,2-5H3,(H,32,38)(H2,31,33,34,35). The van der Waals surface area contributed by atoms with Crippen molar-refractivity contribution < 1.29 is 22.7 Å². The molecule has 0 radical (unpaired) electrons. The predicted octanol–water partition coefficient (Wildman–Crippen LogP) is 5.77. The lowest BCUT2D eigenvalue weighted by atomic mass is 10.2. The largest absolute Gasteiger partial charge is 0.494 e. The minimum Gasteiger partial charge on any atom is -0.494 e. The number of anilines is 6. The van der Waals surface area contributed by atoms with Crippen LogP contribution in [-0.2, 0) is 11.0 Å². The van der Waals surface area contributed by atoms with Crippen molar-refractivity contribution in [3.05, 3.63) is 65.8 Å². The first kappa shape index (κ1) is 29.5. The number of amides is 1. The van der Waals surface area contributed by atoms with E-state index in [2.05, 4.69) is 32.5 Å². The maximum Gasteiger partial charge on any atom is 0.421 e. The van der Waals surface area contributed by atoms with Crippen molar-refractivity contribution in [2.24, 2.45) is 0 Å². The summed E-state index contributed by atoms with van der Waals surface area (Å²) in [5, 5.41) is 8.52. The normalized spacial score (nSPS) is 11.2. The van der Waals surface area contributed by atoms with Crippen LogP contribution >= 0.6 is 11.6 Å². The van der Waals surface area contributed by atoms with Crippen LogP contribution in [0.2, 0.25) is 5.02 Å². The summed E-state index contributed by atoms with van der Waals surface area (Å²) in [6.45, 7) is 4.88. The van der Waals surface area contributed by atoms with Gasteiger partial charge in [0.2, 0.25) is 11.9 Å². The summed E-state index contributed by atoms with van der Waals surface area (Å²) in [6.07, 6.45) is -2.97. The van der Waals surface area contributed by atoms with Gasteiger partial charge in [0.25, 0.3) is 0 Å². The van der Waals surface area contributed by atoms with Crippen LogP contribution in [0.4, 0.5) is 47.7 Å². The fourth-order valence-corrected chi connectivity index (χ4v) is 3.75. The molecule has 0 saturated carbocycles. The molecule has 3 aromatic rings. The second kappa shape index (κ2) is 12.7. The molecule has 3 rings (SSSR count). The van der Waals surface area contributed by atoms with E-state index in [4.69, 9.17) is 16.3 Å². The van der Waals surface area contributed by atoms with E-state index >= 15 is 0 Å². The van der Waals surface area contributed by atoms with Gasteiger partial charge in [0.1, 0.15) is 17.1 Å². The molecule has 0 aliphatic carbocycles. The Balaban J connectivity index is 1.93. The number of hydrogen-bond donors (Lipinski definition) is 3. The van der Waals surface area contributed by atoms with Crippen LogP contribution < -0.4 is 25.6 Å². The van der Waals surface area contributed by atoms with E-state index in [9.17, 15) is 18.0 Å². The summed E-state index contributed by atoms with van der Waals surface area (Å²) in [4.78, 5) is 23.5. The number of carbonyl (C=O) groups excluding carboxylic acids is 1. The number of rotatable bonds is 11. The van der Waals surface area contributed by atoms with Crippen LogP contribution in [0, 0.1) is 0 Å². The Morgan fingerprint density at radius 3 is 2.49 bits per heavy atom. The molecule has 0 spiro atoms. The van der Waals surface area contributed by atoms with E-state index in [0.717, 1.165) is 18.3 Å². The van der Waals surface area contributed by atoms with Crippen molar-refractivity contribution in [2.75, 3.05) is 62.2 Å². The number of carbonyl (C=O) groups is 1. The molecular formula is C26H29ClF3N7O2. The number of nitrogens with zero attached hydrogens (tertiary/aromatic N) is 4. The van der Waals surface area contributed by atoms with Crippen molar-refractivity contribution in [1.82, 2.24) is 14.9 Å².